The fraction of sp³-hybridized carbons (Fsp3) is 0.818. The van der Waals surface area contributed by atoms with Crippen LogP contribution in [0, 0.1) is 0 Å². The van der Waals surface area contributed by atoms with E-state index >= 15 is 0 Å². The van der Waals surface area contributed by atoms with Gasteiger partial charge in [0.15, 0.2) is 0 Å². The van der Waals surface area contributed by atoms with Gasteiger partial charge in [0.25, 0.3) is 0 Å². The van der Waals surface area contributed by atoms with Gasteiger partial charge in [-0.2, -0.15) is 0 Å². The summed E-state index contributed by atoms with van der Waals surface area (Å²) in [5.41, 5.74) is -0.0473. The molecule has 98 valence electrons. The number of carboxylic acids is 1. The van der Waals surface area contributed by atoms with E-state index in [1.165, 1.54) is 6.42 Å². The summed E-state index contributed by atoms with van der Waals surface area (Å²) < 4.78 is 5.42. The smallest absolute Gasteiger partial charge is 0.314 e. The number of hydrogen-bond donors (Lipinski definition) is 3. The molecule has 0 atom stereocenters. The molecule has 0 spiro atoms. The highest BCUT2D eigenvalue weighted by Crippen LogP contribution is 2.37. The predicted octanol–water partition coefficient (Wildman–Crippen LogP) is 0.719. The molecule has 1 fully saturated rings. The number of amides is 2. The zero-order chi connectivity index (χ0) is 12.7. The van der Waals surface area contributed by atoms with Crippen molar-refractivity contribution in [3.63, 3.8) is 0 Å². The Hall–Kier alpha value is -1.30. The second-order valence-corrected chi connectivity index (χ2v) is 4.32. The van der Waals surface area contributed by atoms with Crippen molar-refractivity contribution in [3.05, 3.63) is 0 Å². The summed E-state index contributed by atoms with van der Waals surface area (Å²) in [6, 6.07) is -0.322. The lowest BCUT2D eigenvalue weighted by atomic mass is 9.77. The van der Waals surface area contributed by atoms with Gasteiger partial charge in [-0.05, 0) is 25.7 Å². The van der Waals surface area contributed by atoms with Crippen molar-refractivity contribution in [2.75, 3.05) is 20.2 Å². The van der Waals surface area contributed by atoms with Crippen LogP contribution in [0.2, 0.25) is 0 Å². The van der Waals surface area contributed by atoms with E-state index in [1.807, 2.05) is 0 Å². The van der Waals surface area contributed by atoms with Crippen molar-refractivity contribution in [1.82, 2.24) is 10.6 Å². The Kier molecular flexibility index (Phi) is 5.21. The molecule has 0 aromatic carbocycles. The fourth-order valence-corrected chi connectivity index (χ4v) is 1.88. The third-order valence-electron chi connectivity index (χ3n) is 3.19. The number of nitrogens with one attached hydrogen (secondary N) is 2. The van der Waals surface area contributed by atoms with Gasteiger partial charge in [-0.15, -0.1) is 0 Å². The maximum Gasteiger partial charge on any atom is 0.314 e. The SMILES string of the molecule is COC1(CCNC(=O)NCCC(=O)O)CCC1. The van der Waals surface area contributed by atoms with Crippen molar-refractivity contribution >= 4 is 12.0 Å². The zero-order valence-corrected chi connectivity index (χ0v) is 10.1. The van der Waals surface area contributed by atoms with Gasteiger partial charge < -0.3 is 20.5 Å². The lowest BCUT2D eigenvalue weighted by molar-refractivity contribution is -0.136. The molecule has 1 rings (SSSR count). The van der Waals surface area contributed by atoms with Gasteiger partial charge in [0.1, 0.15) is 0 Å². The van der Waals surface area contributed by atoms with Gasteiger partial charge in [-0.3, -0.25) is 4.79 Å². The molecule has 0 radical (unpaired) electrons. The van der Waals surface area contributed by atoms with Crippen LogP contribution in [-0.2, 0) is 9.53 Å². The van der Waals surface area contributed by atoms with E-state index in [0.29, 0.717) is 6.54 Å². The van der Waals surface area contributed by atoms with Crippen molar-refractivity contribution in [2.24, 2.45) is 0 Å². The summed E-state index contributed by atoms with van der Waals surface area (Å²) in [6.45, 7) is 0.698. The number of aliphatic carboxylic acids is 1. The monoisotopic (exact) mass is 244 g/mol. The molecular weight excluding hydrogens is 224 g/mol. The molecule has 0 heterocycles. The van der Waals surface area contributed by atoms with E-state index in [2.05, 4.69) is 10.6 Å². The number of carbonyl (C=O) groups is 2. The van der Waals surface area contributed by atoms with Gasteiger partial charge in [0.05, 0.1) is 12.0 Å². The van der Waals surface area contributed by atoms with Crippen molar-refractivity contribution in [1.29, 1.82) is 0 Å². The Morgan fingerprint density at radius 1 is 1.29 bits per heavy atom. The Morgan fingerprint density at radius 3 is 2.41 bits per heavy atom. The third kappa shape index (κ3) is 4.60. The minimum atomic E-state index is -0.918. The molecule has 0 aromatic rings. The molecular formula is C11H20N2O4. The average Bonchev–Trinajstić information content (AvgIpc) is 2.21. The first kappa shape index (κ1) is 13.8. The molecule has 1 aliphatic rings. The van der Waals surface area contributed by atoms with E-state index in [9.17, 15) is 9.59 Å². The van der Waals surface area contributed by atoms with Crippen LogP contribution in [-0.4, -0.2) is 42.9 Å². The normalized spacial score (nSPS) is 17.0. The van der Waals surface area contributed by atoms with E-state index in [1.54, 1.807) is 7.11 Å². The van der Waals surface area contributed by atoms with Crippen LogP contribution < -0.4 is 10.6 Å². The Morgan fingerprint density at radius 2 is 1.94 bits per heavy atom. The topological polar surface area (TPSA) is 87.7 Å². The maximum atomic E-state index is 11.2. The maximum absolute atomic E-state index is 11.2. The molecule has 0 saturated heterocycles. The van der Waals surface area contributed by atoms with Crippen LogP contribution in [0.1, 0.15) is 32.1 Å². The van der Waals surface area contributed by atoms with Crippen LogP contribution in [0.5, 0.6) is 0 Å². The molecule has 1 aliphatic carbocycles. The number of methoxy groups -OCH3 is 1. The molecule has 0 bridgehead atoms. The Balaban J connectivity index is 2.05. The fourth-order valence-electron chi connectivity index (χ4n) is 1.88. The van der Waals surface area contributed by atoms with E-state index in [0.717, 1.165) is 19.3 Å². The molecule has 3 N–H and O–H groups in total. The summed E-state index contributed by atoms with van der Waals surface area (Å²) in [4.78, 5) is 21.5. The van der Waals surface area contributed by atoms with E-state index < -0.39 is 5.97 Å². The lowest BCUT2D eigenvalue weighted by Crippen LogP contribution is -2.44. The first-order valence-corrected chi connectivity index (χ1v) is 5.87. The van der Waals surface area contributed by atoms with Gasteiger partial charge in [0, 0.05) is 20.2 Å². The van der Waals surface area contributed by atoms with Crippen molar-refractivity contribution in [2.45, 2.75) is 37.7 Å². The predicted molar refractivity (Wildman–Crippen MR) is 61.9 cm³/mol. The van der Waals surface area contributed by atoms with Crippen molar-refractivity contribution < 1.29 is 19.4 Å². The summed E-state index contributed by atoms with van der Waals surface area (Å²) in [6.07, 6.45) is 4.02. The quantitative estimate of drug-likeness (QED) is 0.615. The molecule has 6 nitrogen and oxygen atoms in total. The average molecular weight is 244 g/mol. The Bertz CT molecular complexity index is 271. The zero-order valence-electron chi connectivity index (χ0n) is 10.1. The van der Waals surface area contributed by atoms with Crippen LogP contribution in [0.25, 0.3) is 0 Å². The molecule has 1 saturated carbocycles. The number of carboxylic acid groups (broad SMARTS) is 1. The van der Waals surface area contributed by atoms with Gasteiger partial charge in [-0.1, -0.05) is 0 Å². The lowest BCUT2D eigenvalue weighted by Gasteiger charge is -2.40. The largest absolute Gasteiger partial charge is 0.481 e. The highest BCUT2D eigenvalue weighted by atomic mass is 16.5. The number of carbonyl (C=O) groups excluding carboxylic acids is 1. The second kappa shape index (κ2) is 6.44. The third-order valence-corrected chi connectivity index (χ3v) is 3.19. The van der Waals surface area contributed by atoms with E-state index in [4.69, 9.17) is 9.84 Å². The van der Waals surface area contributed by atoms with Crippen LogP contribution >= 0.6 is 0 Å². The summed E-state index contributed by atoms with van der Waals surface area (Å²) in [5, 5.41) is 13.6. The number of hydrogen-bond acceptors (Lipinski definition) is 3. The molecule has 17 heavy (non-hydrogen) atoms. The minimum Gasteiger partial charge on any atom is -0.481 e. The van der Waals surface area contributed by atoms with E-state index in [-0.39, 0.29) is 24.6 Å². The first-order valence-electron chi connectivity index (χ1n) is 5.87. The minimum absolute atomic E-state index is 0.0473. The second-order valence-electron chi connectivity index (χ2n) is 4.32. The van der Waals surface area contributed by atoms with Crippen molar-refractivity contribution in [3.8, 4) is 0 Å². The van der Waals surface area contributed by atoms with Gasteiger partial charge >= 0.3 is 12.0 Å². The first-order chi connectivity index (χ1) is 8.08. The highest BCUT2D eigenvalue weighted by Gasteiger charge is 2.36. The number of rotatable bonds is 7. The Labute approximate surface area is 101 Å². The van der Waals surface area contributed by atoms with Gasteiger partial charge in [0.2, 0.25) is 0 Å². The summed E-state index contributed by atoms with van der Waals surface area (Å²) in [5.74, 6) is -0.918. The molecule has 0 aromatic heterocycles. The van der Waals surface area contributed by atoms with Crippen LogP contribution in [0.15, 0.2) is 0 Å². The molecule has 0 aliphatic heterocycles. The number of urea groups is 1. The van der Waals surface area contributed by atoms with Gasteiger partial charge in [-0.25, -0.2) is 4.79 Å². The highest BCUT2D eigenvalue weighted by molar-refractivity contribution is 5.74. The van der Waals surface area contributed by atoms with Crippen LogP contribution in [0.3, 0.4) is 0 Å². The molecule has 0 unspecified atom stereocenters. The summed E-state index contributed by atoms with van der Waals surface area (Å²) in [7, 11) is 1.70. The summed E-state index contributed by atoms with van der Waals surface area (Å²) >= 11 is 0. The molecule has 2 amide bonds. The van der Waals surface area contributed by atoms with Crippen LogP contribution in [0.4, 0.5) is 4.79 Å². The standard InChI is InChI=1S/C11H20N2O4/c1-17-11(4-2-5-11)6-8-13-10(16)12-7-3-9(14)15/h2-8H2,1H3,(H,14,15)(H2,12,13,16). The molecule has 6 heteroatoms. The number of ether oxygens (including phenoxy) is 1.